The van der Waals surface area contributed by atoms with Crippen LogP contribution >= 0.6 is 34.8 Å². The summed E-state index contributed by atoms with van der Waals surface area (Å²) in [6.07, 6.45) is 2.54. The minimum absolute atomic E-state index is 0.170. The monoisotopic (exact) mass is 515 g/mol. The van der Waals surface area contributed by atoms with Gasteiger partial charge in [-0.25, -0.2) is 4.98 Å². The number of amidine groups is 1. The molecule has 1 saturated heterocycles. The quantitative estimate of drug-likeness (QED) is 0.340. The zero-order chi connectivity index (χ0) is 24.2. The zero-order valence-electron chi connectivity index (χ0n) is 18.1. The molecule has 1 aliphatic rings. The Morgan fingerprint density at radius 2 is 1.65 bits per heavy atom. The Morgan fingerprint density at radius 1 is 0.912 bits per heavy atom. The van der Waals surface area contributed by atoms with Gasteiger partial charge >= 0.3 is 0 Å². The smallest absolute Gasteiger partial charge is 0.258 e. The van der Waals surface area contributed by atoms with E-state index in [0.717, 1.165) is 30.9 Å². The molecule has 174 valence electrons. The summed E-state index contributed by atoms with van der Waals surface area (Å²) in [6.45, 7) is 1.89. The number of nitrogens with one attached hydrogen (secondary N) is 2. The average molecular weight is 517 g/mol. The molecule has 2 heterocycles. The number of likely N-dealkylation sites (tertiary alicyclic amines) is 1. The minimum atomic E-state index is -0.493. The molecule has 1 fully saturated rings. The van der Waals surface area contributed by atoms with Gasteiger partial charge in [0.2, 0.25) is 0 Å². The molecule has 2 N–H and O–H groups in total. The maximum absolute atomic E-state index is 13.0. The van der Waals surface area contributed by atoms with Gasteiger partial charge in [-0.3, -0.25) is 14.6 Å². The van der Waals surface area contributed by atoms with Crippen molar-refractivity contribution < 1.29 is 9.59 Å². The van der Waals surface area contributed by atoms with Crippen LogP contribution in [0, 0.1) is 0 Å². The number of hydrogen-bond donors (Lipinski definition) is 2. The summed E-state index contributed by atoms with van der Waals surface area (Å²) in [7, 11) is 1.73. The standard InChI is InChI=1S/C24H20Cl3N5O2/c1-28-22(32-9-2-10-32)14-3-6-17(19(27)11-14)23(33)30-20-7-4-15(25)12-18(20)24(34)31-21-8-5-16(26)13-29-21/h3-8,11-13H,2,9-10H2,1H3,(H,30,33)(H,29,31,34). The van der Waals surface area contributed by atoms with Crippen LogP contribution in [0.3, 0.4) is 0 Å². The second kappa shape index (κ2) is 10.4. The number of benzene rings is 2. The number of aliphatic imine (C=N–C) groups is 1. The van der Waals surface area contributed by atoms with E-state index in [1.165, 1.54) is 12.3 Å². The van der Waals surface area contributed by atoms with Crippen LogP contribution in [0.15, 0.2) is 59.7 Å². The van der Waals surface area contributed by atoms with Crippen molar-refractivity contribution in [1.29, 1.82) is 0 Å². The molecule has 0 unspecified atom stereocenters. The molecule has 0 radical (unpaired) electrons. The van der Waals surface area contributed by atoms with E-state index >= 15 is 0 Å². The van der Waals surface area contributed by atoms with Gasteiger partial charge in [0.15, 0.2) is 0 Å². The van der Waals surface area contributed by atoms with Crippen LogP contribution in [0.5, 0.6) is 0 Å². The first kappa shape index (κ1) is 24.0. The summed E-state index contributed by atoms with van der Waals surface area (Å²) >= 11 is 18.4. The number of hydrogen-bond acceptors (Lipinski definition) is 4. The summed E-state index contributed by atoms with van der Waals surface area (Å²) < 4.78 is 0. The topological polar surface area (TPSA) is 86.7 Å². The number of carbonyl (C=O) groups excluding carboxylic acids is 2. The molecule has 7 nitrogen and oxygen atoms in total. The molecule has 0 bridgehead atoms. The number of amides is 2. The second-order valence-electron chi connectivity index (χ2n) is 7.54. The van der Waals surface area contributed by atoms with Crippen molar-refractivity contribution in [2.24, 2.45) is 4.99 Å². The van der Waals surface area contributed by atoms with E-state index in [2.05, 4.69) is 25.5 Å². The molecule has 2 amide bonds. The van der Waals surface area contributed by atoms with Gasteiger partial charge in [0, 0.05) is 36.9 Å². The van der Waals surface area contributed by atoms with Crippen molar-refractivity contribution in [3.63, 3.8) is 0 Å². The molecule has 0 saturated carbocycles. The van der Waals surface area contributed by atoms with Crippen LogP contribution < -0.4 is 10.6 Å². The summed E-state index contributed by atoms with van der Waals surface area (Å²) in [4.78, 5) is 36.4. The van der Waals surface area contributed by atoms with E-state index < -0.39 is 11.8 Å². The minimum Gasteiger partial charge on any atom is -0.356 e. The fourth-order valence-electron chi connectivity index (χ4n) is 3.46. The van der Waals surface area contributed by atoms with E-state index in [1.807, 2.05) is 6.07 Å². The second-order valence-corrected chi connectivity index (χ2v) is 8.82. The van der Waals surface area contributed by atoms with Crippen LogP contribution in [0.1, 0.15) is 32.7 Å². The third-order valence-electron chi connectivity index (χ3n) is 5.28. The van der Waals surface area contributed by atoms with Crippen molar-refractivity contribution in [2.45, 2.75) is 6.42 Å². The zero-order valence-corrected chi connectivity index (χ0v) is 20.4. The van der Waals surface area contributed by atoms with Crippen LogP contribution in [0.25, 0.3) is 0 Å². The molecule has 1 aromatic heterocycles. The number of rotatable bonds is 5. The Morgan fingerprint density at radius 3 is 2.26 bits per heavy atom. The molecule has 34 heavy (non-hydrogen) atoms. The van der Waals surface area contributed by atoms with Gasteiger partial charge in [0.05, 0.1) is 26.9 Å². The molecule has 0 spiro atoms. The van der Waals surface area contributed by atoms with Gasteiger partial charge in [-0.2, -0.15) is 0 Å². The summed E-state index contributed by atoms with van der Waals surface area (Å²) in [5.74, 6) is 0.192. The Labute approximate surface area is 211 Å². The van der Waals surface area contributed by atoms with E-state index in [9.17, 15) is 9.59 Å². The van der Waals surface area contributed by atoms with Crippen LogP contribution in [0.4, 0.5) is 11.5 Å². The number of carbonyl (C=O) groups is 2. The largest absolute Gasteiger partial charge is 0.356 e. The summed E-state index contributed by atoms with van der Waals surface area (Å²) in [5.41, 5.74) is 1.55. The van der Waals surface area contributed by atoms with Crippen LogP contribution in [-0.2, 0) is 0 Å². The number of aromatic nitrogens is 1. The Hall–Kier alpha value is -3.13. The van der Waals surface area contributed by atoms with Gasteiger partial charge in [-0.1, -0.05) is 40.9 Å². The predicted molar refractivity (Wildman–Crippen MR) is 137 cm³/mol. The molecule has 0 aliphatic carbocycles. The SMILES string of the molecule is CN=C(c1ccc(C(=O)Nc2ccc(Cl)cc2C(=O)Nc2ccc(Cl)cn2)c(Cl)c1)N1CCC1. The van der Waals surface area contributed by atoms with E-state index in [-0.39, 0.29) is 21.8 Å². The molecule has 2 aromatic carbocycles. The van der Waals surface area contributed by atoms with Crippen molar-refractivity contribution in [1.82, 2.24) is 9.88 Å². The lowest BCUT2D eigenvalue weighted by atomic mass is 10.1. The first-order chi connectivity index (χ1) is 16.4. The number of pyridine rings is 1. The highest BCUT2D eigenvalue weighted by molar-refractivity contribution is 6.35. The van der Waals surface area contributed by atoms with Gasteiger partial charge in [-0.15, -0.1) is 0 Å². The van der Waals surface area contributed by atoms with E-state index in [4.69, 9.17) is 34.8 Å². The van der Waals surface area contributed by atoms with Crippen molar-refractivity contribution >= 4 is 64.0 Å². The van der Waals surface area contributed by atoms with Crippen molar-refractivity contribution in [3.05, 3.63) is 86.5 Å². The first-order valence-electron chi connectivity index (χ1n) is 10.4. The van der Waals surface area contributed by atoms with E-state index in [0.29, 0.717) is 15.9 Å². The Kier molecular flexibility index (Phi) is 7.36. The third kappa shape index (κ3) is 5.33. The number of halogens is 3. The first-order valence-corrected chi connectivity index (χ1v) is 11.5. The number of anilines is 2. The Balaban J connectivity index is 1.55. The van der Waals surface area contributed by atoms with Gasteiger partial charge in [0.25, 0.3) is 11.8 Å². The van der Waals surface area contributed by atoms with Crippen LogP contribution in [0.2, 0.25) is 15.1 Å². The average Bonchev–Trinajstić information content (AvgIpc) is 2.78. The molecule has 10 heteroatoms. The molecule has 4 rings (SSSR count). The van der Waals surface area contributed by atoms with Gasteiger partial charge in [0.1, 0.15) is 11.7 Å². The normalized spacial score (nSPS) is 13.3. The highest BCUT2D eigenvalue weighted by atomic mass is 35.5. The fourth-order valence-corrected chi connectivity index (χ4v) is 4.01. The summed E-state index contributed by atoms with van der Waals surface area (Å²) in [5, 5.41) is 6.48. The van der Waals surface area contributed by atoms with Gasteiger partial charge in [-0.05, 0) is 48.9 Å². The Bertz CT molecular complexity index is 1270. The lowest BCUT2D eigenvalue weighted by molar-refractivity contribution is 0.102. The van der Waals surface area contributed by atoms with E-state index in [1.54, 1.807) is 43.4 Å². The lowest BCUT2D eigenvalue weighted by Gasteiger charge is -2.34. The molecule has 1 aliphatic heterocycles. The maximum Gasteiger partial charge on any atom is 0.258 e. The molecular formula is C24H20Cl3N5O2. The van der Waals surface area contributed by atoms with Gasteiger partial charge < -0.3 is 15.5 Å². The highest BCUT2D eigenvalue weighted by Crippen LogP contribution is 2.26. The maximum atomic E-state index is 13.0. The fraction of sp³-hybridized carbons (Fsp3) is 0.167. The van der Waals surface area contributed by atoms with Crippen molar-refractivity contribution in [3.8, 4) is 0 Å². The van der Waals surface area contributed by atoms with Crippen LogP contribution in [-0.4, -0.2) is 47.7 Å². The number of nitrogens with zero attached hydrogens (tertiary/aromatic N) is 3. The molecule has 0 atom stereocenters. The molecular weight excluding hydrogens is 497 g/mol. The predicted octanol–water partition coefficient (Wildman–Crippen LogP) is 5.63. The lowest BCUT2D eigenvalue weighted by Crippen LogP contribution is -2.42. The summed E-state index contributed by atoms with van der Waals surface area (Å²) in [6, 6.07) is 12.9. The highest BCUT2D eigenvalue weighted by Gasteiger charge is 2.22. The molecule has 3 aromatic rings. The third-order valence-corrected chi connectivity index (χ3v) is 6.05. The van der Waals surface area contributed by atoms with Crippen molar-refractivity contribution in [2.75, 3.05) is 30.8 Å².